The van der Waals surface area contributed by atoms with Gasteiger partial charge in [-0.3, -0.25) is 15.1 Å². The molecule has 5 N–H and O–H groups in total. The number of ether oxygens (including phenoxy) is 1. The molecule has 0 aromatic heterocycles. The number of carbonyl (C=O) groups excluding carboxylic acids is 1. The molecule has 0 spiro atoms. The second kappa shape index (κ2) is 9.27. The Balaban J connectivity index is 2.54. The van der Waals surface area contributed by atoms with Gasteiger partial charge >= 0.3 is 0 Å². The van der Waals surface area contributed by atoms with Crippen molar-refractivity contribution in [2.24, 2.45) is 5.84 Å². The van der Waals surface area contributed by atoms with Crippen LogP contribution in [-0.4, -0.2) is 60.5 Å². The number of benzene rings is 1. The molecular weight excluding hydrogens is 262 g/mol. The van der Waals surface area contributed by atoms with Gasteiger partial charge in [-0.05, 0) is 12.1 Å². The SMILES string of the molecule is NNC(=O)c1ccccc1OCCN(CCO)CCO. The molecule has 1 aromatic rings. The van der Waals surface area contributed by atoms with Crippen molar-refractivity contribution in [3.8, 4) is 5.75 Å². The van der Waals surface area contributed by atoms with Crippen molar-refractivity contribution in [1.29, 1.82) is 0 Å². The van der Waals surface area contributed by atoms with E-state index in [1.807, 2.05) is 4.90 Å². The van der Waals surface area contributed by atoms with Gasteiger partial charge in [0.05, 0.1) is 18.8 Å². The molecule has 1 aromatic carbocycles. The molecule has 1 rings (SSSR count). The molecule has 0 aliphatic rings. The number of hydrazine groups is 1. The molecule has 0 bridgehead atoms. The van der Waals surface area contributed by atoms with Crippen LogP contribution in [0.25, 0.3) is 0 Å². The maximum absolute atomic E-state index is 11.5. The molecule has 1 amide bonds. The highest BCUT2D eigenvalue weighted by molar-refractivity contribution is 5.96. The molecule has 0 aliphatic carbocycles. The summed E-state index contributed by atoms with van der Waals surface area (Å²) < 4.78 is 5.56. The summed E-state index contributed by atoms with van der Waals surface area (Å²) in [6.45, 7) is 1.86. The summed E-state index contributed by atoms with van der Waals surface area (Å²) in [5.41, 5.74) is 2.43. The Morgan fingerprint density at radius 1 is 1.20 bits per heavy atom. The lowest BCUT2D eigenvalue weighted by Gasteiger charge is -2.20. The van der Waals surface area contributed by atoms with E-state index in [2.05, 4.69) is 5.43 Å². The summed E-state index contributed by atoms with van der Waals surface area (Å²) in [6.07, 6.45) is 0. The second-order valence-corrected chi connectivity index (χ2v) is 4.11. The number of nitrogens with two attached hydrogens (primary N) is 1. The van der Waals surface area contributed by atoms with Crippen molar-refractivity contribution in [3.63, 3.8) is 0 Å². The Hall–Kier alpha value is -1.67. The molecule has 0 atom stereocenters. The molecular formula is C13H21N3O4. The van der Waals surface area contributed by atoms with Crippen LogP contribution in [0, 0.1) is 0 Å². The van der Waals surface area contributed by atoms with Crippen LogP contribution < -0.4 is 16.0 Å². The van der Waals surface area contributed by atoms with Gasteiger partial charge in [0, 0.05) is 19.6 Å². The van der Waals surface area contributed by atoms with Crippen LogP contribution in [0.3, 0.4) is 0 Å². The van der Waals surface area contributed by atoms with Crippen LogP contribution in [0.5, 0.6) is 5.75 Å². The van der Waals surface area contributed by atoms with Gasteiger partial charge in [-0.1, -0.05) is 12.1 Å². The van der Waals surface area contributed by atoms with Crippen LogP contribution in [0.15, 0.2) is 24.3 Å². The number of para-hydroxylation sites is 1. The van der Waals surface area contributed by atoms with Crippen LogP contribution >= 0.6 is 0 Å². The fourth-order valence-electron chi connectivity index (χ4n) is 1.76. The number of carbonyl (C=O) groups is 1. The number of nitrogens with one attached hydrogen (secondary N) is 1. The molecule has 0 unspecified atom stereocenters. The average molecular weight is 283 g/mol. The lowest BCUT2D eigenvalue weighted by atomic mass is 10.2. The maximum atomic E-state index is 11.5. The summed E-state index contributed by atoms with van der Waals surface area (Å²) >= 11 is 0. The number of nitrogen functional groups attached to an aromatic ring is 1. The summed E-state index contributed by atoms with van der Waals surface area (Å²) in [5, 5.41) is 17.8. The van der Waals surface area contributed by atoms with Gasteiger partial charge in [0.25, 0.3) is 5.91 Å². The first-order valence-electron chi connectivity index (χ1n) is 6.39. The smallest absolute Gasteiger partial charge is 0.268 e. The summed E-state index contributed by atoms with van der Waals surface area (Å²) in [7, 11) is 0. The van der Waals surface area contributed by atoms with Gasteiger partial charge in [-0.15, -0.1) is 0 Å². The third-order valence-corrected chi connectivity index (χ3v) is 2.76. The van der Waals surface area contributed by atoms with Gasteiger partial charge in [0.15, 0.2) is 0 Å². The third kappa shape index (κ3) is 5.14. The summed E-state index contributed by atoms with van der Waals surface area (Å²) in [6, 6.07) is 6.80. The van der Waals surface area contributed by atoms with Crippen molar-refractivity contribution in [2.45, 2.75) is 0 Å². The molecule has 112 valence electrons. The van der Waals surface area contributed by atoms with Crippen molar-refractivity contribution in [2.75, 3.05) is 39.5 Å². The highest BCUT2D eigenvalue weighted by Crippen LogP contribution is 2.17. The number of amides is 1. The zero-order valence-corrected chi connectivity index (χ0v) is 11.3. The lowest BCUT2D eigenvalue weighted by Crippen LogP contribution is -2.34. The Labute approximate surface area is 117 Å². The minimum atomic E-state index is -0.414. The quantitative estimate of drug-likeness (QED) is 0.262. The van der Waals surface area contributed by atoms with Gasteiger partial charge < -0.3 is 14.9 Å². The predicted molar refractivity (Wildman–Crippen MR) is 74.2 cm³/mol. The standard InChI is InChI=1S/C13H21N3O4/c14-15-13(19)11-3-1-2-4-12(11)20-10-7-16(5-8-17)6-9-18/h1-4,17-18H,5-10,14H2,(H,15,19). The zero-order chi connectivity index (χ0) is 14.8. The first-order valence-corrected chi connectivity index (χ1v) is 6.39. The number of aliphatic hydroxyl groups is 2. The van der Waals surface area contributed by atoms with Crippen LogP contribution in [0.2, 0.25) is 0 Å². The number of rotatable bonds is 9. The van der Waals surface area contributed by atoms with Crippen molar-refractivity contribution >= 4 is 5.91 Å². The minimum absolute atomic E-state index is 0.0200. The van der Waals surface area contributed by atoms with E-state index in [4.69, 9.17) is 20.8 Å². The van der Waals surface area contributed by atoms with Gasteiger partial charge in [0.1, 0.15) is 12.4 Å². The number of aliphatic hydroxyl groups excluding tert-OH is 2. The molecule has 0 saturated heterocycles. The highest BCUT2D eigenvalue weighted by Gasteiger charge is 2.11. The fourth-order valence-corrected chi connectivity index (χ4v) is 1.76. The molecule has 0 aliphatic heterocycles. The summed E-state index contributed by atoms with van der Waals surface area (Å²) in [4.78, 5) is 13.4. The zero-order valence-electron chi connectivity index (χ0n) is 11.3. The molecule has 7 nitrogen and oxygen atoms in total. The van der Waals surface area contributed by atoms with E-state index in [0.29, 0.717) is 37.6 Å². The largest absolute Gasteiger partial charge is 0.491 e. The molecule has 0 saturated carbocycles. The van der Waals surface area contributed by atoms with Crippen molar-refractivity contribution in [1.82, 2.24) is 10.3 Å². The van der Waals surface area contributed by atoms with E-state index >= 15 is 0 Å². The number of nitrogens with zero attached hydrogens (tertiary/aromatic N) is 1. The van der Waals surface area contributed by atoms with E-state index in [-0.39, 0.29) is 13.2 Å². The molecule has 0 radical (unpaired) electrons. The summed E-state index contributed by atoms with van der Waals surface area (Å²) in [5.74, 6) is 5.14. The van der Waals surface area contributed by atoms with E-state index < -0.39 is 5.91 Å². The molecule has 7 heteroatoms. The van der Waals surface area contributed by atoms with Crippen molar-refractivity contribution < 1.29 is 19.7 Å². The average Bonchev–Trinajstić information content (AvgIpc) is 2.47. The van der Waals surface area contributed by atoms with E-state index in [9.17, 15) is 4.79 Å². The van der Waals surface area contributed by atoms with E-state index in [1.165, 1.54) is 0 Å². The fraction of sp³-hybridized carbons (Fsp3) is 0.462. The van der Waals surface area contributed by atoms with Crippen LogP contribution in [0.1, 0.15) is 10.4 Å². The molecule has 0 heterocycles. The normalized spacial score (nSPS) is 10.6. The van der Waals surface area contributed by atoms with Crippen LogP contribution in [-0.2, 0) is 0 Å². The van der Waals surface area contributed by atoms with E-state index in [0.717, 1.165) is 0 Å². The topological polar surface area (TPSA) is 108 Å². The van der Waals surface area contributed by atoms with Gasteiger partial charge in [0.2, 0.25) is 0 Å². The molecule has 20 heavy (non-hydrogen) atoms. The van der Waals surface area contributed by atoms with Gasteiger partial charge in [-0.25, -0.2) is 5.84 Å². The van der Waals surface area contributed by atoms with Crippen LogP contribution in [0.4, 0.5) is 0 Å². The number of hydrogen-bond donors (Lipinski definition) is 4. The predicted octanol–water partition coefficient (Wildman–Crippen LogP) is -1.04. The second-order valence-electron chi connectivity index (χ2n) is 4.11. The molecule has 0 fully saturated rings. The number of hydrogen-bond acceptors (Lipinski definition) is 6. The minimum Gasteiger partial charge on any atom is -0.491 e. The third-order valence-electron chi connectivity index (χ3n) is 2.76. The van der Waals surface area contributed by atoms with Crippen molar-refractivity contribution in [3.05, 3.63) is 29.8 Å². The Bertz CT molecular complexity index is 408. The Morgan fingerprint density at radius 3 is 2.45 bits per heavy atom. The van der Waals surface area contributed by atoms with Gasteiger partial charge in [-0.2, -0.15) is 0 Å². The Kier molecular flexibility index (Phi) is 7.59. The first-order chi connectivity index (χ1) is 9.72. The van der Waals surface area contributed by atoms with E-state index in [1.54, 1.807) is 24.3 Å². The monoisotopic (exact) mass is 283 g/mol. The maximum Gasteiger partial charge on any atom is 0.268 e. The highest BCUT2D eigenvalue weighted by atomic mass is 16.5. The Morgan fingerprint density at radius 2 is 1.85 bits per heavy atom. The lowest BCUT2D eigenvalue weighted by molar-refractivity contribution is 0.0948. The first kappa shape index (κ1) is 16.4.